The molecule has 0 fully saturated rings. The van der Waals surface area contributed by atoms with Crippen molar-refractivity contribution in [3.63, 3.8) is 0 Å². The third kappa shape index (κ3) is 4.62. The second-order valence-electron chi connectivity index (χ2n) is 4.05. The van der Waals surface area contributed by atoms with E-state index < -0.39 is 24.2 Å². The summed E-state index contributed by atoms with van der Waals surface area (Å²) < 4.78 is 69.6. The first-order chi connectivity index (χ1) is 11.1. The molecule has 0 aliphatic carbocycles. The molecule has 130 valence electrons. The van der Waals surface area contributed by atoms with Gasteiger partial charge in [-0.1, -0.05) is 39.9 Å². The van der Waals surface area contributed by atoms with Gasteiger partial charge >= 0.3 is 6.36 Å². The lowest BCUT2D eigenvalue weighted by Gasteiger charge is -2.14. The third-order valence-corrected chi connectivity index (χ3v) is 4.22. The molecule has 2 aromatic rings. The van der Waals surface area contributed by atoms with Gasteiger partial charge in [-0.3, -0.25) is 0 Å². The lowest BCUT2D eigenvalue weighted by Crippen LogP contribution is -2.18. The van der Waals surface area contributed by atoms with Crippen LogP contribution in [0.4, 0.5) is 27.6 Å². The maximum absolute atomic E-state index is 12.8. The molecule has 0 unspecified atom stereocenters. The Hall–Kier alpha value is -1.30. The fourth-order valence-corrected chi connectivity index (χ4v) is 2.87. The highest BCUT2D eigenvalue weighted by molar-refractivity contribution is 7.81. The van der Waals surface area contributed by atoms with E-state index in [0.29, 0.717) is 11.5 Å². The Kier molecular flexibility index (Phi) is 5.78. The normalized spacial score (nSPS) is 11.7. The van der Waals surface area contributed by atoms with Crippen LogP contribution in [0.5, 0.6) is 5.75 Å². The number of ether oxygens (including phenoxy) is 1. The van der Waals surface area contributed by atoms with Crippen molar-refractivity contribution in [3.05, 3.63) is 32.7 Å². The van der Waals surface area contributed by atoms with Crippen LogP contribution in [0.15, 0.2) is 12.1 Å². The monoisotopic (exact) mass is 423 g/mol. The van der Waals surface area contributed by atoms with E-state index in [1.807, 2.05) is 0 Å². The van der Waals surface area contributed by atoms with Gasteiger partial charge in [-0.15, -0.1) is 18.3 Å². The summed E-state index contributed by atoms with van der Waals surface area (Å²) in [6, 6.07) is 1.84. The third-order valence-electron chi connectivity index (χ3n) is 2.42. The Morgan fingerprint density at radius 1 is 1.25 bits per heavy atom. The number of benzene rings is 1. The summed E-state index contributed by atoms with van der Waals surface area (Å²) in [5, 5.41) is 5.22. The number of alkyl halides is 5. The van der Waals surface area contributed by atoms with Crippen molar-refractivity contribution in [2.45, 2.75) is 12.8 Å². The number of nitrogens with zero attached hydrogens (tertiary/aromatic N) is 2. The first-order valence-electron chi connectivity index (χ1n) is 5.75. The smallest absolute Gasteiger partial charge is 0.404 e. The van der Waals surface area contributed by atoms with Crippen LogP contribution in [0.1, 0.15) is 17.0 Å². The van der Waals surface area contributed by atoms with E-state index in [-0.39, 0.29) is 25.6 Å². The van der Waals surface area contributed by atoms with Crippen LogP contribution in [0.3, 0.4) is 0 Å². The Balaban J connectivity index is 2.30. The molecule has 0 spiro atoms. The summed E-state index contributed by atoms with van der Waals surface area (Å²) in [6.45, 7) is 0. The number of nitrogens with one attached hydrogen (secondary N) is 1. The molecule has 24 heavy (non-hydrogen) atoms. The second kappa shape index (κ2) is 7.30. The molecule has 13 heteroatoms. The van der Waals surface area contributed by atoms with Gasteiger partial charge in [0.1, 0.15) is 15.6 Å². The van der Waals surface area contributed by atoms with E-state index in [4.69, 9.17) is 35.4 Å². The van der Waals surface area contributed by atoms with Gasteiger partial charge in [0, 0.05) is 6.07 Å². The average Bonchev–Trinajstić information content (AvgIpc) is 2.92. The zero-order valence-corrected chi connectivity index (χ0v) is 14.1. The van der Waals surface area contributed by atoms with Crippen molar-refractivity contribution in [3.8, 4) is 5.75 Å². The van der Waals surface area contributed by atoms with Crippen molar-refractivity contribution >= 4 is 57.6 Å². The summed E-state index contributed by atoms with van der Waals surface area (Å²) in [4.78, 5) is -0.369. The molecule has 1 heterocycles. The van der Waals surface area contributed by atoms with E-state index in [1.165, 1.54) is 0 Å². The zero-order valence-electron chi connectivity index (χ0n) is 11.0. The fraction of sp³-hybridized carbons (Fsp3) is 0.182. The Morgan fingerprint density at radius 3 is 2.50 bits per heavy atom. The van der Waals surface area contributed by atoms with Crippen molar-refractivity contribution in [2.24, 2.45) is 0 Å². The topological polar surface area (TPSA) is 47.0 Å². The van der Waals surface area contributed by atoms with E-state index in [1.54, 1.807) is 0 Å². The molecule has 1 aromatic heterocycles. The molecule has 0 atom stereocenters. The predicted molar refractivity (Wildman–Crippen MR) is 83.3 cm³/mol. The minimum atomic E-state index is -4.97. The first-order valence-corrected chi connectivity index (χ1v) is 7.68. The summed E-state index contributed by atoms with van der Waals surface area (Å²) in [5.74, 6) is -0.727. The maximum atomic E-state index is 12.8. The highest BCUT2D eigenvalue weighted by atomic mass is 35.5. The minimum Gasteiger partial charge on any atom is -0.404 e. The van der Waals surface area contributed by atoms with Crippen molar-refractivity contribution in [2.75, 3.05) is 5.32 Å². The van der Waals surface area contributed by atoms with Gasteiger partial charge in [-0.2, -0.15) is 0 Å². The van der Waals surface area contributed by atoms with Crippen molar-refractivity contribution in [1.29, 1.82) is 0 Å². The number of anilines is 1. The molecule has 0 amide bonds. The Morgan fingerprint density at radius 2 is 1.92 bits per heavy atom. The number of hydrogen-bond acceptors (Lipinski definition) is 5. The number of thiocarbonyl (C=S) groups is 1. The molecule has 0 radical (unpaired) electrons. The first kappa shape index (κ1) is 19.0. The molecule has 4 nitrogen and oxygen atoms in total. The van der Waals surface area contributed by atoms with Crippen LogP contribution in [0.2, 0.25) is 10.0 Å². The summed E-state index contributed by atoms with van der Waals surface area (Å²) in [6.07, 6.45) is -7.89. The van der Waals surface area contributed by atoms with Crippen LogP contribution in [-0.4, -0.2) is 20.9 Å². The van der Waals surface area contributed by atoms with Gasteiger partial charge in [-0.05, 0) is 17.6 Å². The summed E-state index contributed by atoms with van der Waals surface area (Å²) in [7, 11) is 0. The molecule has 0 bridgehead atoms. The van der Waals surface area contributed by atoms with Crippen LogP contribution in [0.25, 0.3) is 0 Å². The minimum absolute atomic E-state index is 0.0899. The molecule has 0 aliphatic heterocycles. The van der Waals surface area contributed by atoms with E-state index >= 15 is 0 Å². The Bertz CT molecular complexity index is 769. The number of aromatic nitrogens is 2. The van der Waals surface area contributed by atoms with Gasteiger partial charge in [-0.25, -0.2) is 8.78 Å². The van der Waals surface area contributed by atoms with Gasteiger partial charge in [0.25, 0.3) is 6.43 Å². The second-order valence-corrected chi connectivity index (χ2v) is 6.03. The average molecular weight is 424 g/mol. The summed E-state index contributed by atoms with van der Waals surface area (Å²) in [5.41, 5.74) is -0.756. The molecule has 1 N–H and O–H groups in total. The Labute approximate surface area is 150 Å². The number of hydrogen-bond donors (Lipinski definition) is 1. The van der Waals surface area contributed by atoms with Crippen LogP contribution in [-0.2, 0) is 0 Å². The molecule has 2 rings (SSSR count). The highest BCUT2D eigenvalue weighted by Gasteiger charge is 2.32. The van der Waals surface area contributed by atoms with Gasteiger partial charge in [0.2, 0.25) is 0 Å². The standard InChI is InChI=1S/C11H4Cl2F5N3OS2/c12-3-1-4(13)6(22-11(16,17)18)2-5(3)19-10(23)8-7(9(14)15)20-21-24-8/h1-2,9H,(H,19,23). The molecule has 1 aromatic carbocycles. The van der Waals surface area contributed by atoms with Crippen molar-refractivity contribution < 1.29 is 26.7 Å². The lowest BCUT2D eigenvalue weighted by atomic mass is 10.2. The quantitative estimate of drug-likeness (QED) is 0.521. The highest BCUT2D eigenvalue weighted by Crippen LogP contribution is 2.37. The van der Waals surface area contributed by atoms with Crippen LogP contribution in [0, 0.1) is 0 Å². The summed E-state index contributed by atoms with van der Waals surface area (Å²) >= 11 is 17.0. The van der Waals surface area contributed by atoms with Crippen LogP contribution >= 0.6 is 47.0 Å². The zero-order chi connectivity index (χ0) is 18.1. The molecular weight excluding hydrogens is 420 g/mol. The predicted octanol–water partition coefficient (Wildman–Crippen LogP) is 5.47. The molecule has 0 aliphatic rings. The largest absolute Gasteiger partial charge is 0.573 e. The molecular formula is C11H4Cl2F5N3OS2. The van der Waals surface area contributed by atoms with Crippen LogP contribution < -0.4 is 10.1 Å². The molecule has 0 saturated heterocycles. The number of halogens is 7. The number of rotatable bonds is 4. The fourth-order valence-electron chi connectivity index (χ4n) is 1.50. The van der Waals surface area contributed by atoms with Gasteiger partial charge in [0.05, 0.1) is 15.7 Å². The van der Waals surface area contributed by atoms with E-state index in [9.17, 15) is 22.0 Å². The van der Waals surface area contributed by atoms with Gasteiger partial charge in [0.15, 0.2) is 5.69 Å². The van der Waals surface area contributed by atoms with E-state index in [2.05, 4.69) is 19.6 Å². The van der Waals surface area contributed by atoms with Crippen molar-refractivity contribution in [1.82, 2.24) is 9.59 Å². The van der Waals surface area contributed by atoms with Gasteiger partial charge < -0.3 is 10.1 Å². The lowest BCUT2D eigenvalue weighted by molar-refractivity contribution is -0.274. The van der Waals surface area contributed by atoms with E-state index in [0.717, 1.165) is 12.1 Å². The SMILES string of the molecule is FC(F)c1nnsc1C(=S)Nc1cc(OC(F)(F)F)c(Cl)cc1Cl. The maximum Gasteiger partial charge on any atom is 0.573 e. The molecule has 0 saturated carbocycles.